The lowest BCUT2D eigenvalue weighted by Gasteiger charge is -1.97. The molecule has 1 aromatic carbocycles. The van der Waals surface area contributed by atoms with E-state index >= 15 is 0 Å². The van der Waals surface area contributed by atoms with E-state index < -0.39 is 0 Å². The molecule has 2 heterocycles. The fourth-order valence-corrected chi connectivity index (χ4v) is 2.34. The Morgan fingerprint density at radius 2 is 1.95 bits per heavy atom. The maximum atomic E-state index is 9.86. The summed E-state index contributed by atoms with van der Waals surface area (Å²) < 4.78 is 6.13. The molecule has 0 bridgehead atoms. The summed E-state index contributed by atoms with van der Waals surface area (Å²) in [6.45, 7) is 1.89. The van der Waals surface area contributed by atoms with Crippen molar-refractivity contribution in [2.75, 3.05) is 0 Å². The Balaban J connectivity index is 1.92. The maximum absolute atomic E-state index is 9.86. The molecule has 0 atom stereocenters. The highest BCUT2D eigenvalue weighted by Gasteiger charge is 2.14. The van der Waals surface area contributed by atoms with E-state index in [-0.39, 0.29) is 11.6 Å². The van der Waals surface area contributed by atoms with Crippen LogP contribution in [0.5, 0.6) is 5.95 Å². The number of aromatic hydroxyl groups is 1. The minimum Gasteiger partial charge on any atom is -0.479 e. The Labute approximate surface area is 135 Å². The van der Waals surface area contributed by atoms with Gasteiger partial charge in [0.2, 0.25) is 5.89 Å². The zero-order chi connectivity index (χ0) is 15.5. The van der Waals surface area contributed by atoms with Gasteiger partial charge in [0.25, 0.3) is 0 Å². The molecule has 3 aromatic rings. The molecule has 1 N–H and O–H groups in total. The third-order valence-corrected chi connectivity index (χ3v) is 3.62. The van der Waals surface area contributed by atoms with E-state index in [9.17, 15) is 5.11 Å². The van der Waals surface area contributed by atoms with Crippen LogP contribution < -0.4 is 0 Å². The minimum absolute atomic E-state index is 0.258. The number of aliphatic imine (C=N–C) groups is 1. The Bertz CT molecular complexity index is 843. The zero-order valence-electron chi connectivity index (χ0n) is 11.7. The van der Waals surface area contributed by atoms with Crippen LogP contribution in [0.15, 0.2) is 56.3 Å². The predicted octanol–water partition coefficient (Wildman–Crippen LogP) is 4.26. The quantitative estimate of drug-likeness (QED) is 0.710. The van der Waals surface area contributed by atoms with Gasteiger partial charge in [-0.2, -0.15) is 0 Å². The van der Waals surface area contributed by atoms with Gasteiger partial charge in [-0.25, -0.2) is 15.0 Å². The second-order valence-corrected chi connectivity index (χ2v) is 5.44. The number of aryl methyl sites for hydroxylation is 1. The Morgan fingerprint density at radius 3 is 2.73 bits per heavy atom. The molecule has 0 radical (unpaired) electrons. The van der Waals surface area contributed by atoms with E-state index in [1.807, 2.05) is 43.3 Å². The van der Waals surface area contributed by atoms with Crippen molar-refractivity contribution < 1.29 is 9.52 Å². The second kappa shape index (κ2) is 6.11. The van der Waals surface area contributed by atoms with Gasteiger partial charge < -0.3 is 9.52 Å². The maximum Gasteiger partial charge on any atom is 0.312 e. The minimum atomic E-state index is -0.276. The normalized spacial score (nSPS) is 11.2. The first kappa shape index (κ1) is 14.5. The van der Waals surface area contributed by atoms with Gasteiger partial charge in [0, 0.05) is 10.2 Å². The highest BCUT2D eigenvalue weighted by atomic mass is 79.9. The molecule has 0 aliphatic heterocycles. The van der Waals surface area contributed by atoms with Gasteiger partial charge in [0.15, 0.2) is 11.5 Å². The summed E-state index contributed by atoms with van der Waals surface area (Å²) in [5.74, 6) is 0.593. The summed E-state index contributed by atoms with van der Waals surface area (Å²) in [7, 11) is 0. The number of aromatic nitrogens is 2. The van der Waals surface area contributed by atoms with Crippen LogP contribution in [0.3, 0.4) is 0 Å². The molecule has 3 rings (SSSR count). The van der Waals surface area contributed by atoms with Crippen LogP contribution in [0, 0.1) is 6.92 Å². The van der Waals surface area contributed by atoms with E-state index in [1.165, 1.54) is 6.21 Å². The van der Waals surface area contributed by atoms with Crippen LogP contribution in [0.25, 0.3) is 11.5 Å². The summed E-state index contributed by atoms with van der Waals surface area (Å²) in [5, 5.41) is 9.86. The number of pyridine rings is 1. The fraction of sp³-hybridized carbons (Fsp3) is 0.0625. The molecule has 110 valence electrons. The molecule has 5 nitrogen and oxygen atoms in total. The van der Waals surface area contributed by atoms with E-state index in [0.29, 0.717) is 11.7 Å². The topological polar surface area (TPSA) is 71.5 Å². The number of rotatable bonds is 3. The molecule has 6 heteroatoms. The molecular formula is C16H12BrN3O2. The van der Waals surface area contributed by atoms with Gasteiger partial charge in [-0.1, -0.05) is 18.2 Å². The Kier molecular flexibility index (Phi) is 4.02. The molecule has 2 aromatic heterocycles. The number of halogens is 1. The number of hydrogen-bond donors (Lipinski definition) is 1. The van der Waals surface area contributed by atoms with Crippen LogP contribution >= 0.6 is 15.9 Å². The Morgan fingerprint density at radius 1 is 1.14 bits per heavy atom. The zero-order valence-corrected chi connectivity index (χ0v) is 13.3. The molecule has 0 aliphatic rings. The molecule has 0 fully saturated rings. The largest absolute Gasteiger partial charge is 0.479 e. The third-order valence-electron chi connectivity index (χ3n) is 2.93. The second-order valence-electron chi connectivity index (χ2n) is 4.58. The van der Waals surface area contributed by atoms with Crippen LogP contribution in [0.2, 0.25) is 0 Å². The lowest BCUT2D eigenvalue weighted by molar-refractivity contribution is 0.337. The third kappa shape index (κ3) is 3.07. The van der Waals surface area contributed by atoms with Crippen molar-refractivity contribution in [1.82, 2.24) is 9.97 Å². The summed E-state index contributed by atoms with van der Waals surface area (Å²) in [6, 6.07) is 13.0. The molecule has 0 saturated heterocycles. The van der Waals surface area contributed by atoms with Gasteiger partial charge in [0.05, 0.1) is 11.8 Å². The van der Waals surface area contributed by atoms with Gasteiger partial charge >= 0.3 is 5.95 Å². The molecule has 0 spiro atoms. The van der Waals surface area contributed by atoms with Gasteiger partial charge in [0.1, 0.15) is 0 Å². The van der Waals surface area contributed by atoms with Crippen molar-refractivity contribution in [2.24, 2.45) is 4.99 Å². The van der Waals surface area contributed by atoms with Gasteiger partial charge in [-0.3, -0.25) is 0 Å². The SMILES string of the molecule is Cc1cccc(N=Cc2nc(-c3ccccc3Br)oc2O)n1. The van der Waals surface area contributed by atoms with Crippen LogP contribution in [0.4, 0.5) is 5.82 Å². The van der Waals surface area contributed by atoms with Crippen molar-refractivity contribution >= 4 is 28.0 Å². The van der Waals surface area contributed by atoms with E-state index in [2.05, 4.69) is 30.9 Å². The van der Waals surface area contributed by atoms with Crippen molar-refractivity contribution in [3.63, 3.8) is 0 Å². The van der Waals surface area contributed by atoms with Crippen LogP contribution in [-0.4, -0.2) is 21.3 Å². The highest BCUT2D eigenvalue weighted by Crippen LogP contribution is 2.30. The number of nitrogens with zero attached hydrogens (tertiary/aromatic N) is 3. The molecule has 22 heavy (non-hydrogen) atoms. The monoisotopic (exact) mass is 357 g/mol. The first-order chi connectivity index (χ1) is 10.6. The number of benzene rings is 1. The Hall–Kier alpha value is -2.47. The van der Waals surface area contributed by atoms with Crippen LogP contribution in [0.1, 0.15) is 11.4 Å². The first-order valence-electron chi connectivity index (χ1n) is 6.56. The first-order valence-corrected chi connectivity index (χ1v) is 7.35. The predicted molar refractivity (Wildman–Crippen MR) is 87.5 cm³/mol. The van der Waals surface area contributed by atoms with Gasteiger partial charge in [-0.05, 0) is 47.1 Å². The van der Waals surface area contributed by atoms with E-state index in [1.54, 1.807) is 6.07 Å². The summed E-state index contributed by atoms with van der Waals surface area (Å²) in [6.07, 6.45) is 1.43. The van der Waals surface area contributed by atoms with E-state index in [0.717, 1.165) is 15.7 Å². The molecular weight excluding hydrogens is 346 g/mol. The average Bonchev–Trinajstić information content (AvgIpc) is 2.87. The van der Waals surface area contributed by atoms with Gasteiger partial charge in [-0.15, -0.1) is 0 Å². The molecule has 0 amide bonds. The fourth-order valence-electron chi connectivity index (χ4n) is 1.89. The highest BCUT2D eigenvalue weighted by molar-refractivity contribution is 9.10. The lowest BCUT2D eigenvalue weighted by atomic mass is 10.2. The molecule has 0 aliphatic carbocycles. The molecule has 0 unspecified atom stereocenters. The lowest BCUT2D eigenvalue weighted by Crippen LogP contribution is -1.85. The summed E-state index contributed by atoms with van der Waals surface area (Å²) >= 11 is 3.43. The van der Waals surface area contributed by atoms with Crippen molar-refractivity contribution in [1.29, 1.82) is 0 Å². The number of oxazole rings is 1. The average molecular weight is 358 g/mol. The summed E-state index contributed by atoms with van der Waals surface area (Å²) in [5.41, 5.74) is 1.88. The van der Waals surface area contributed by atoms with Crippen molar-refractivity contribution in [3.8, 4) is 17.4 Å². The standard InChI is InChI=1S/C16H12BrN3O2/c1-10-5-4-8-14(19-10)18-9-13-16(21)22-15(20-13)11-6-2-3-7-12(11)17/h2-9,21H,1H3. The summed E-state index contributed by atoms with van der Waals surface area (Å²) in [4.78, 5) is 12.7. The van der Waals surface area contributed by atoms with Crippen molar-refractivity contribution in [3.05, 3.63) is 58.3 Å². The van der Waals surface area contributed by atoms with Crippen LogP contribution in [-0.2, 0) is 0 Å². The smallest absolute Gasteiger partial charge is 0.312 e. The van der Waals surface area contributed by atoms with E-state index in [4.69, 9.17) is 4.42 Å². The van der Waals surface area contributed by atoms with Crippen molar-refractivity contribution in [2.45, 2.75) is 6.92 Å². The number of hydrogen-bond acceptors (Lipinski definition) is 5. The molecule has 0 saturated carbocycles.